The van der Waals surface area contributed by atoms with Crippen LogP contribution in [0.2, 0.25) is 0 Å². The lowest BCUT2D eigenvalue weighted by atomic mass is 10.1. The van der Waals surface area contributed by atoms with Crippen molar-refractivity contribution in [2.45, 2.75) is 25.9 Å². The van der Waals surface area contributed by atoms with Crippen LogP contribution in [0.3, 0.4) is 0 Å². The molecule has 2 heterocycles. The molecule has 2 atom stereocenters. The van der Waals surface area contributed by atoms with Crippen LogP contribution in [0.5, 0.6) is 0 Å². The Morgan fingerprint density at radius 1 is 1.67 bits per heavy atom. The molecule has 4 heteroatoms. The number of nitrogens with two attached hydrogens (primary N) is 1. The number of hydrogen-bond donors (Lipinski definition) is 1. The highest BCUT2D eigenvalue weighted by Crippen LogP contribution is 2.27. The summed E-state index contributed by atoms with van der Waals surface area (Å²) in [5.41, 5.74) is 5.72. The molecule has 0 radical (unpaired) electrons. The van der Waals surface area contributed by atoms with E-state index in [1.807, 2.05) is 11.3 Å². The maximum Gasteiger partial charge on any atom is 0.0331 e. The van der Waals surface area contributed by atoms with E-state index in [9.17, 15) is 0 Å². The van der Waals surface area contributed by atoms with Gasteiger partial charge in [-0.2, -0.15) is 0 Å². The van der Waals surface area contributed by atoms with Crippen LogP contribution in [-0.4, -0.2) is 24.0 Å². The monoisotopic (exact) mass is 288 g/mol. The summed E-state index contributed by atoms with van der Waals surface area (Å²) in [5, 5.41) is 2.15. The Hall–Kier alpha value is 0.1000. The zero-order valence-corrected chi connectivity index (χ0v) is 11.4. The van der Waals surface area contributed by atoms with Gasteiger partial charge in [0.1, 0.15) is 0 Å². The molecule has 0 amide bonds. The van der Waals surface area contributed by atoms with Gasteiger partial charge in [0.25, 0.3) is 0 Å². The standard InChI is InChI=1S/C11H17BrN2S/c1-8-2-9(4-13)5-14(8)6-11-3-10(12)7-15-11/h3,7-9H,2,4-6,13H2,1H3. The van der Waals surface area contributed by atoms with Gasteiger partial charge in [0.15, 0.2) is 0 Å². The third-order valence-electron chi connectivity index (χ3n) is 3.10. The first-order valence-electron chi connectivity index (χ1n) is 5.36. The molecule has 0 spiro atoms. The fraction of sp³-hybridized carbons (Fsp3) is 0.636. The Morgan fingerprint density at radius 2 is 2.47 bits per heavy atom. The van der Waals surface area contributed by atoms with Crippen LogP contribution in [0, 0.1) is 5.92 Å². The van der Waals surface area contributed by atoms with E-state index in [2.05, 4.69) is 39.2 Å². The van der Waals surface area contributed by atoms with Gasteiger partial charge in [-0.1, -0.05) is 0 Å². The molecule has 15 heavy (non-hydrogen) atoms. The maximum atomic E-state index is 5.72. The Balaban J connectivity index is 1.95. The Labute approximate surface area is 104 Å². The SMILES string of the molecule is CC1CC(CN)CN1Cc1cc(Br)cs1. The van der Waals surface area contributed by atoms with Crippen LogP contribution in [0.4, 0.5) is 0 Å². The summed E-state index contributed by atoms with van der Waals surface area (Å²) in [7, 11) is 0. The van der Waals surface area contributed by atoms with Crippen molar-refractivity contribution in [2.75, 3.05) is 13.1 Å². The van der Waals surface area contributed by atoms with E-state index in [1.54, 1.807) is 0 Å². The molecule has 0 saturated carbocycles. The van der Waals surface area contributed by atoms with E-state index < -0.39 is 0 Å². The van der Waals surface area contributed by atoms with Crippen LogP contribution in [0.15, 0.2) is 15.9 Å². The Morgan fingerprint density at radius 3 is 3.00 bits per heavy atom. The average Bonchev–Trinajstić information content (AvgIpc) is 2.75. The largest absolute Gasteiger partial charge is 0.330 e. The molecule has 1 aromatic heterocycles. The van der Waals surface area contributed by atoms with Crippen molar-refractivity contribution < 1.29 is 0 Å². The first kappa shape index (κ1) is 11.6. The van der Waals surface area contributed by atoms with Crippen molar-refractivity contribution in [3.05, 3.63) is 20.8 Å². The molecule has 2 unspecified atom stereocenters. The molecule has 84 valence electrons. The lowest BCUT2D eigenvalue weighted by Crippen LogP contribution is -2.26. The number of thiophene rings is 1. The van der Waals surface area contributed by atoms with Gasteiger partial charge in [-0.25, -0.2) is 0 Å². The van der Waals surface area contributed by atoms with Crippen molar-refractivity contribution in [3.8, 4) is 0 Å². The third kappa shape index (κ3) is 2.81. The molecule has 0 aliphatic carbocycles. The van der Waals surface area contributed by atoms with Crippen molar-refractivity contribution >= 4 is 27.3 Å². The highest BCUT2D eigenvalue weighted by Gasteiger charge is 2.27. The van der Waals surface area contributed by atoms with E-state index in [4.69, 9.17) is 5.73 Å². The van der Waals surface area contributed by atoms with E-state index in [0.29, 0.717) is 12.0 Å². The fourth-order valence-corrected chi connectivity index (χ4v) is 3.72. The van der Waals surface area contributed by atoms with Gasteiger partial charge in [0.2, 0.25) is 0 Å². The molecule has 1 aliphatic heterocycles. The molecule has 1 saturated heterocycles. The predicted molar refractivity (Wildman–Crippen MR) is 69.1 cm³/mol. The molecular weight excluding hydrogens is 272 g/mol. The molecule has 0 aromatic carbocycles. The second-order valence-corrected chi connectivity index (χ2v) is 6.26. The summed E-state index contributed by atoms with van der Waals surface area (Å²) < 4.78 is 1.20. The van der Waals surface area contributed by atoms with E-state index in [0.717, 1.165) is 19.6 Å². The van der Waals surface area contributed by atoms with Crippen molar-refractivity contribution in [1.29, 1.82) is 0 Å². The minimum atomic E-state index is 0.680. The molecule has 1 fully saturated rings. The van der Waals surface area contributed by atoms with Gasteiger partial charge in [-0.05, 0) is 47.8 Å². The summed E-state index contributed by atoms with van der Waals surface area (Å²) in [6, 6.07) is 2.90. The molecular formula is C11H17BrN2S. The number of hydrogen-bond acceptors (Lipinski definition) is 3. The number of rotatable bonds is 3. The average molecular weight is 289 g/mol. The predicted octanol–water partition coefficient (Wildman–Crippen LogP) is 2.68. The summed E-state index contributed by atoms with van der Waals surface area (Å²) in [6.45, 7) is 5.37. The molecule has 1 aliphatic rings. The highest BCUT2D eigenvalue weighted by atomic mass is 79.9. The maximum absolute atomic E-state index is 5.72. The summed E-state index contributed by atoms with van der Waals surface area (Å²) in [6.07, 6.45) is 1.25. The fourth-order valence-electron chi connectivity index (χ4n) is 2.25. The van der Waals surface area contributed by atoms with Gasteiger partial charge >= 0.3 is 0 Å². The summed E-state index contributed by atoms with van der Waals surface area (Å²) in [5.74, 6) is 0.698. The van der Waals surface area contributed by atoms with E-state index in [1.165, 1.54) is 15.8 Å². The van der Waals surface area contributed by atoms with Crippen molar-refractivity contribution in [2.24, 2.45) is 11.7 Å². The molecule has 0 bridgehead atoms. The van der Waals surface area contributed by atoms with Gasteiger partial charge in [0, 0.05) is 33.9 Å². The van der Waals surface area contributed by atoms with Crippen LogP contribution in [-0.2, 0) is 6.54 Å². The van der Waals surface area contributed by atoms with E-state index >= 15 is 0 Å². The van der Waals surface area contributed by atoms with Crippen molar-refractivity contribution in [1.82, 2.24) is 4.90 Å². The second-order valence-electron chi connectivity index (χ2n) is 4.35. The number of halogens is 1. The molecule has 2 rings (SSSR count). The van der Waals surface area contributed by atoms with Crippen LogP contribution < -0.4 is 5.73 Å². The lowest BCUT2D eigenvalue weighted by Gasteiger charge is -2.19. The highest BCUT2D eigenvalue weighted by molar-refractivity contribution is 9.10. The first-order chi connectivity index (χ1) is 7.19. The Bertz CT molecular complexity index is 326. The zero-order chi connectivity index (χ0) is 10.8. The minimum Gasteiger partial charge on any atom is -0.330 e. The smallest absolute Gasteiger partial charge is 0.0331 e. The second kappa shape index (κ2) is 4.95. The van der Waals surface area contributed by atoms with Crippen LogP contribution in [0.25, 0.3) is 0 Å². The van der Waals surface area contributed by atoms with Gasteiger partial charge < -0.3 is 5.73 Å². The number of nitrogens with zero attached hydrogens (tertiary/aromatic N) is 1. The van der Waals surface area contributed by atoms with E-state index in [-0.39, 0.29) is 0 Å². The van der Waals surface area contributed by atoms with Gasteiger partial charge in [-0.15, -0.1) is 11.3 Å². The number of likely N-dealkylation sites (tertiary alicyclic amines) is 1. The normalized spacial score (nSPS) is 27.4. The first-order valence-corrected chi connectivity index (χ1v) is 7.03. The molecule has 1 aromatic rings. The van der Waals surface area contributed by atoms with Crippen LogP contribution in [0.1, 0.15) is 18.2 Å². The summed E-state index contributed by atoms with van der Waals surface area (Å²) >= 11 is 5.32. The molecule has 2 N–H and O–H groups in total. The summed E-state index contributed by atoms with van der Waals surface area (Å²) in [4.78, 5) is 3.97. The van der Waals surface area contributed by atoms with Gasteiger partial charge in [0.05, 0.1) is 0 Å². The van der Waals surface area contributed by atoms with Crippen LogP contribution >= 0.6 is 27.3 Å². The quantitative estimate of drug-likeness (QED) is 0.927. The lowest BCUT2D eigenvalue weighted by molar-refractivity contribution is 0.258. The third-order valence-corrected chi connectivity index (χ3v) is 4.79. The van der Waals surface area contributed by atoms with Crippen molar-refractivity contribution in [3.63, 3.8) is 0 Å². The Kier molecular flexibility index (Phi) is 3.83. The van der Waals surface area contributed by atoms with Gasteiger partial charge in [-0.3, -0.25) is 4.90 Å². The topological polar surface area (TPSA) is 29.3 Å². The minimum absolute atomic E-state index is 0.680. The molecule has 2 nitrogen and oxygen atoms in total. The zero-order valence-electron chi connectivity index (χ0n) is 8.95.